The summed E-state index contributed by atoms with van der Waals surface area (Å²) in [5, 5.41) is 2.97. The van der Waals surface area contributed by atoms with Crippen LogP contribution in [0.4, 0.5) is 0 Å². The molecule has 1 heterocycles. The summed E-state index contributed by atoms with van der Waals surface area (Å²) in [6, 6.07) is 44.2. The molecule has 2 unspecified atom stereocenters. The van der Waals surface area contributed by atoms with E-state index in [4.69, 9.17) is 0 Å². The Balaban J connectivity index is 1.42. The Morgan fingerprint density at radius 1 is 0.516 bits per heavy atom. The molecule has 0 saturated heterocycles. The molecule has 0 spiro atoms. The number of rotatable bonds is 9. The minimum atomic E-state index is -5.72. The number of allylic oxidation sites excluding steroid dienone is 2. The molecule has 9 rings (SSSR count). The molecule has 0 fully saturated rings. The Hall–Kier alpha value is -3.52. The fraction of sp³-hybridized carbons (Fsp3) is 0.333. The molecule has 1 aliphatic heterocycles. The van der Waals surface area contributed by atoms with Crippen molar-refractivity contribution in [2.24, 2.45) is 0 Å². The summed E-state index contributed by atoms with van der Waals surface area (Å²) in [7, 11) is 18.1. The van der Waals surface area contributed by atoms with Gasteiger partial charge in [-0.3, -0.25) is 0 Å². The van der Waals surface area contributed by atoms with E-state index in [0.29, 0.717) is 11.8 Å². The van der Waals surface area contributed by atoms with E-state index in [0.717, 1.165) is 12.8 Å². The number of benzene rings is 6. The number of hydrogen-bond donors (Lipinski definition) is 0. The van der Waals surface area contributed by atoms with E-state index < -0.39 is 25.9 Å². The Bertz CT molecular complexity index is 2760. The van der Waals surface area contributed by atoms with Crippen molar-refractivity contribution in [3.05, 3.63) is 171 Å². The molecule has 0 saturated carbocycles. The zero-order valence-electron chi connectivity index (χ0n) is 40.3. The maximum atomic E-state index is 9.50. The van der Waals surface area contributed by atoms with E-state index in [-0.39, 0.29) is 18.1 Å². The van der Waals surface area contributed by atoms with Gasteiger partial charge in [0.25, 0.3) is 0 Å². The third kappa shape index (κ3) is 7.06. The minimum absolute atomic E-state index is 0.0830. The Morgan fingerprint density at radius 3 is 1.38 bits per heavy atom. The predicted molar refractivity (Wildman–Crippen MR) is 282 cm³/mol. The molecule has 0 aromatic heterocycles. The van der Waals surface area contributed by atoms with E-state index in [1.165, 1.54) is 103 Å². The van der Waals surface area contributed by atoms with Crippen molar-refractivity contribution >= 4 is 52.3 Å². The van der Waals surface area contributed by atoms with Gasteiger partial charge in [-0.15, -0.1) is 0 Å². The molecule has 0 bridgehead atoms. The third-order valence-electron chi connectivity index (χ3n) is 15.1. The molecular formula is C60H67Cl2SiZr. The SMILES string of the molecule is CCC1=Cc2c(ccc(C(C)(C)C)c2-c2ccccc2C(C)C)[CH]1[Zr]([Cl])([Cl])([c]1cccc2c1[SiH2]c1ccccc1-2)[CH]1C(CC)=Cc2c1ccc(C(C)(C)C)c2-c1ccccc1C(C)C. The van der Waals surface area contributed by atoms with E-state index >= 15 is 0 Å². The van der Waals surface area contributed by atoms with Crippen LogP contribution in [0, 0.1) is 0 Å². The third-order valence-corrected chi connectivity index (χ3v) is 37.9. The molecule has 0 amide bonds. The Labute approximate surface area is 395 Å². The monoisotopic (exact) mass is 975 g/mol. The number of hydrogen-bond acceptors (Lipinski definition) is 0. The van der Waals surface area contributed by atoms with Crippen molar-refractivity contribution in [1.29, 1.82) is 0 Å². The van der Waals surface area contributed by atoms with Gasteiger partial charge in [0.05, 0.1) is 0 Å². The van der Waals surface area contributed by atoms with Gasteiger partial charge in [-0.2, -0.15) is 0 Å². The van der Waals surface area contributed by atoms with E-state index in [9.17, 15) is 17.0 Å². The molecule has 2 atom stereocenters. The summed E-state index contributed by atoms with van der Waals surface area (Å²) in [5.41, 5.74) is 21.5. The van der Waals surface area contributed by atoms with E-state index in [2.05, 4.69) is 210 Å². The molecular weight excluding hydrogens is 911 g/mol. The van der Waals surface area contributed by atoms with Crippen LogP contribution >= 0.6 is 17.0 Å². The van der Waals surface area contributed by atoms with Crippen LogP contribution in [0.5, 0.6) is 0 Å². The standard InChI is InChI=1S/2C24H29.C12H9Si.2ClH.Zr/c2*1-7-17-14-18-12-13-22(24(4,5)6)23(21(18)15-17)20-11-9-8-10-19(20)16(2)3;1-3-7-11-9(5-1)10-6-2-4-8-12(10)13-11;;;/h2*8-16H,7H2,1-6H3;1-7H,13H2;2*1H;/q;;;;;+2/p-2. The molecule has 6 aromatic rings. The van der Waals surface area contributed by atoms with Crippen molar-refractivity contribution < 1.29 is 16.4 Å². The van der Waals surface area contributed by atoms with Gasteiger partial charge in [-0.05, 0) is 0 Å². The van der Waals surface area contributed by atoms with Gasteiger partial charge in [0.1, 0.15) is 0 Å². The summed E-state index contributed by atoms with van der Waals surface area (Å²) in [6.45, 7) is 28.2. The number of halogens is 2. The molecule has 64 heavy (non-hydrogen) atoms. The van der Waals surface area contributed by atoms with Crippen LogP contribution in [0.15, 0.2) is 126 Å². The summed E-state index contributed by atoms with van der Waals surface area (Å²) >= 11 is -5.72. The quantitative estimate of drug-likeness (QED) is 0.126. The van der Waals surface area contributed by atoms with Crippen LogP contribution in [0.1, 0.15) is 160 Å². The molecule has 329 valence electrons. The van der Waals surface area contributed by atoms with Crippen molar-refractivity contribution in [2.75, 3.05) is 0 Å². The van der Waals surface area contributed by atoms with Crippen LogP contribution in [-0.4, -0.2) is 9.52 Å². The molecule has 0 nitrogen and oxygen atoms in total. The van der Waals surface area contributed by atoms with Gasteiger partial charge in [0, 0.05) is 0 Å². The Morgan fingerprint density at radius 2 is 0.938 bits per heavy atom. The van der Waals surface area contributed by atoms with Gasteiger partial charge in [0.2, 0.25) is 0 Å². The van der Waals surface area contributed by atoms with Gasteiger partial charge >= 0.3 is 399 Å². The first-order valence-corrected chi connectivity index (χ1v) is 35.8. The van der Waals surface area contributed by atoms with Crippen LogP contribution in [0.25, 0.3) is 45.5 Å². The van der Waals surface area contributed by atoms with Crippen LogP contribution in [-0.2, 0) is 27.2 Å². The average molecular weight is 978 g/mol. The summed E-state index contributed by atoms with van der Waals surface area (Å²) < 4.78 is 1.06. The zero-order chi connectivity index (χ0) is 45.7. The summed E-state index contributed by atoms with van der Waals surface area (Å²) in [4.78, 5) is 0. The van der Waals surface area contributed by atoms with Crippen LogP contribution in [0.2, 0.25) is 0 Å². The van der Waals surface area contributed by atoms with Gasteiger partial charge in [-0.25, -0.2) is 0 Å². The predicted octanol–water partition coefficient (Wildman–Crippen LogP) is 15.7. The fourth-order valence-electron chi connectivity index (χ4n) is 12.3. The molecule has 0 radical (unpaired) electrons. The van der Waals surface area contributed by atoms with Crippen LogP contribution < -0.4 is 13.6 Å². The second kappa shape index (κ2) is 16.4. The summed E-state index contributed by atoms with van der Waals surface area (Å²) in [6.07, 6.45) is 6.89. The summed E-state index contributed by atoms with van der Waals surface area (Å²) in [5.74, 6) is 0.743. The average Bonchev–Trinajstić information content (AvgIpc) is 3.97. The van der Waals surface area contributed by atoms with Crippen molar-refractivity contribution in [3.63, 3.8) is 0 Å². The van der Waals surface area contributed by atoms with Crippen molar-refractivity contribution in [1.82, 2.24) is 0 Å². The fourth-order valence-corrected chi connectivity index (χ4v) is 40.5. The van der Waals surface area contributed by atoms with E-state index in [1.807, 2.05) is 0 Å². The maximum absolute atomic E-state index is 9.50. The molecule has 4 heteroatoms. The molecule has 3 aliphatic rings. The zero-order valence-corrected chi connectivity index (χ0v) is 45.7. The second-order valence-corrected chi connectivity index (χ2v) is 44.2. The molecule has 0 N–H and O–H groups in total. The van der Waals surface area contributed by atoms with Crippen LogP contribution in [0.3, 0.4) is 0 Å². The number of fused-ring (bicyclic) bond motifs is 5. The first-order valence-electron chi connectivity index (χ1n) is 24.0. The topological polar surface area (TPSA) is 0 Å². The first-order chi connectivity index (χ1) is 30.3. The first kappa shape index (κ1) is 45.6. The normalized spacial score (nSPS) is 17.8. The molecule has 6 aromatic carbocycles. The van der Waals surface area contributed by atoms with Crippen molar-refractivity contribution in [3.8, 4) is 33.4 Å². The Kier molecular flexibility index (Phi) is 11.7. The van der Waals surface area contributed by atoms with Gasteiger partial charge in [0.15, 0.2) is 0 Å². The molecule has 2 aliphatic carbocycles. The van der Waals surface area contributed by atoms with E-state index in [1.54, 1.807) is 0 Å². The van der Waals surface area contributed by atoms with Crippen molar-refractivity contribution in [2.45, 2.75) is 126 Å². The van der Waals surface area contributed by atoms with Gasteiger partial charge in [-0.1, -0.05) is 0 Å². The van der Waals surface area contributed by atoms with Gasteiger partial charge < -0.3 is 0 Å². The second-order valence-electron chi connectivity index (χ2n) is 21.8.